The lowest BCUT2D eigenvalue weighted by atomic mass is 9.73. The quantitative estimate of drug-likeness (QED) is 0.808. The zero-order chi connectivity index (χ0) is 13.0. The summed E-state index contributed by atoms with van der Waals surface area (Å²) in [5.74, 6) is -0.384. The molecule has 18 heavy (non-hydrogen) atoms. The van der Waals surface area contributed by atoms with E-state index in [9.17, 15) is 4.79 Å². The van der Waals surface area contributed by atoms with Crippen molar-refractivity contribution in [3.8, 4) is 0 Å². The zero-order valence-corrected chi connectivity index (χ0v) is 10.8. The number of benzene rings is 1. The van der Waals surface area contributed by atoms with Gasteiger partial charge < -0.3 is 14.8 Å². The summed E-state index contributed by atoms with van der Waals surface area (Å²) < 4.78 is 10.3. The first kappa shape index (κ1) is 13.1. The monoisotopic (exact) mass is 249 g/mol. The Hall–Kier alpha value is -1.39. The number of carbonyl (C=O) groups excluding carboxylic acids is 1. The summed E-state index contributed by atoms with van der Waals surface area (Å²) in [6, 6.07) is 10.0. The minimum Gasteiger partial charge on any atom is -0.469 e. The van der Waals surface area contributed by atoms with Crippen molar-refractivity contribution < 1.29 is 14.3 Å². The van der Waals surface area contributed by atoms with Crippen LogP contribution in [0.5, 0.6) is 0 Å². The molecular formula is C14H19NO3. The van der Waals surface area contributed by atoms with Crippen LogP contribution < -0.4 is 5.32 Å². The van der Waals surface area contributed by atoms with E-state index in [1.54, 1.807) is 7.11 Å². The molecule has 1 N–H and O–H groups in total. The number of hydrogen-bond donors (Lipinski definition) is 1. The Morgan fingerprint density at radius 3 is 2.72 bits per heavy atom. The molecule has 4 nitrogen and oxygen atoms in total. The van der Waals surface area contributed by atoms with Gasteiger partial charge in [-0.2, -0.15) is 0 Å². The van der Waals surface area contributed by atoms with E-state index in [2.05, 4.69) is 5.32 Å². The molecule has 0 radical (unpaired) electrons. The van der Waals surface area contributed by atoms with E-state index in [-0.39, 0.29) is 17.3 Å². The predicted octanol–water partition coefficient (Wildman–Crippen LogP) is 0.963. The van der Waals surface area contributed by atoms with Crippen LogP contribution in [0.25, 0.3) is 0 Å². The standard InChI is InChI=1S/C14H19NO3/c1-17-10-14(11-6-4-3-5-7-11)9-15-8-12(14)13(16)18-2/h3-7,12,15H,8-10H2,1-2H3. The van der Waals surface area contributed by atoms with Crippen molar-refractivity contribution in [2.24, 2.45) is 5.92 Å². The molecule has 0 aromatic heterocycles. The number of ether oxygens (including phenoxy) is 2. The Morgan fingerprint density at radius 1 is 1.39 bits per heavy atom. The van der Waals surface area contributed by atoms with Crippen molar-refractivity contribution in [3.63, 3.8) is 0 Å². The molecule has 1 aliphatic rings. The van der Waals surface area contributed by atoms with Crippen LogP contribution in [0.3, 0.4) is 0 Å². The minimum atomic E-state index is -0.330. The van der Waals surface area contributed by atoms with Gasteiger partial charge in [-0.15, -0.1) is 0 Å². The lowest BCUT2D eigenvalue weighted by Crippen LogP contribution is -2.43. The molecule has 1 aliphatic heterocycles. The molecule has 0 aliphatic carbocycles. The molecule has 1 saturated heterocycles. The highest BCUT2D eigenvalue weighted by atomic mass is 16.5. The van der Waals surface area contributed by atoms with Gasteiger partial charge in [0.2, 0.25) is 0 Å². The average Bonchev–Trinajstić information content (AvgIpc) is 2.84. The minimum absolute atomic E-state index is 0.180. The Balaban J connectivity index is 2.40. The van der Waals surface area contributed by atoms with E-state index in [1.165, 1.54) is 7.11 Å². The van der Waals surface area contributed by atoms with Gasteiger partial charge in [-0.25, -0.2) is 0 Å². The van der Waals surface area contributed by atoms with Gasteiger partial charge in [0.15, 0.2) is 0 Å². The fourth-order valence-corrected chi connectivity index (χ4v) is 2.78. The van der Waals surface area contributed by atoms with Crippen LogP contribution in [0.15, 0.2) is 30.3 Å². The second kappa shape index (κ2) is 5.50. The molecule has 2 atom stereocenters. The molecule has 2 unspecified atom stereocenters. The molecule has 1 heterocycles. The molecule has 0 amide bonds. The molecule has 0 saturated carbocycles. The van der Waals surface area contributed by atoms with Gasteiger partial charge in [-0.3, -0.25) is 4.79 Å². The third kappa shape index (κ3) is 2.13. The van der Waals surface area contributed by atoms with Crippen LogP contribution in [0, 0.1) is 5.92 Å². The van der Waals surface area contributed by atoms with Crippen LogP contribution in [-0.4, -0.2) is 39.9 Å². The fourth-order valence-electron chi connectivity index (χ4n) is 2.78. The maximum absolute atomic E-state index is 12.0. The summed E-state index contributed by atoms with van der Waals surface area (Å²) in [6.45, 7) is 1.86. The van der Waals surface area contributed by atoms with Gasteiger partial charge in [-0.1, -0.05) is 30.3 Å². The molecule has 98 valence electrons. The van der Waals surface area contributed by atoms with Gasteiger partial charge in [0, 0.05) is 25.6 Å². The highest BCUT2D eigenvalue weighted by Gasteiger charge is 2.48. The third-order valence-electron chi connectivity index (χ3n) is 3.69. The Morgan fingerprint density at radius 2 is 2.11 bits per heavy atom. The van der Waals surface area contributed by atoms with Crippen LogP contribution in [0.4, 0.5) is 0 Å². The third-order valence-corrected chi connectivity index (χ3v) is 3.69. The van der Waals surface area contributed by atoms with Crippen molar-refractivity contribution in [2.75, 3.05) is 33.9 Å². The van der Waals surface area contributed by atoms with E-state index in [0.29, 0.717) is 13.2 Å². The first-order valence-electron chi connectivity index (χ1n) is 6.07. The van der Waals surface area contributed by atoms with Gasteiger partial charge in [0.1, 0.15) is 0 Å². The Bertz CT molecular complexity index is 407. The highest BCUT2D eigenvalue weighted by molar-refractivity contribution is 5.75. The topological polar surface area (TPSA) is 47.6 Å². The Kier molecular flexibility index (Phi) is 3.99. The number of nitrogens with one attached hydrogen (secondary N) is 1. The molecule has 1 aromatic carbocycles. The first-order valence-corrected chi connectivity index (χ1v) is 6.07. The number of methoxy groups -OCH3 is 2. The van der Waals surface area contributed by atoms with E-state index in [4.69, 9.17) is 9.47 Å². The number of rotatable bonds is 4. The molecule has 1 aromatic rings. The highest BCUT2D eigenvalue weighted by Crippen LogP contribution is 2.36. The zero-order valence-electron chi connectivity index (χ0n) is 10.8. The van der Waals surface area contributed by atoms with Crippen LogP contribution in [0.1, 0.15) is 5.56 Å². The summed E-state index contributed by atoms with van der Waals surface area (Å²) in [5.41, 5.74) is 0.788. The normalized spacial score (nSPS) is 27.1. The van der Waals surface area contributed by atoms with Gasteiger partial charge in [0.25, 0.3) is 0 Å². The second-order valence-corrected chi connectivity index (χ2v) is 4.66. The van der Waals surface area contributed by atoms with Crippen molar-refractivity contribution in [2.45, 2.75) is 5.41 Å². The van der Waals surface area contributed by atoms with E-state index in [0.717, 1.165) is 12.1 Å². The molecule has 2 rings (SSSR count). The van der Waals surface area contributed by atoms with E-state index < -0.39 is 0 Å². The first-order chi connectivity index (χ1) is 8.74. The van der Waals surface area contributed by atoms with Crippen molar-refractivity contribution >= 4 is 5.97 Å². The number of hydrogen-bond acceptors (Lipinski definition) is 4. The van der Waals surface area contributed by atoms with Gasteiger partial charge in [0.05, 0.1) is 19.6 Å². The van der Waals surface area contributed by atoms with Gasteiger partial charge in [-0.05, 0) is 5.56 Å². The summed E-state index contributed by atoms with van der Waals surface area (Å²) in [6.07, 6.45) is 0. The van der Waals surface area contributed by atoms with E-state index in [1.807, 2.05) is 30.3 Å². The number of esters is 1. The maximum atomic E-state index is 12.0. The summed E-state index contributed by atoms with van der Waals surface area (Å²) in [7, 11) is 3.10. The van der Waals surface area contributed by atoms with Crippen molar-refractivity contribution in [1.82, 2.24) is 5.32 Å². The van der Waals surface area contributed by atoms with Crippen LogP contribution >= 0.6 is 0 Å². The summed E-state index contributed by atoms with van der Waals surface area (Å²) in [5, 5.41) is 3.28. The fraction of sp³-hybridized carbons (Fsp3) is 0.500. The predicted molar refractivity (Wildman–Crippen MR) is 68.4 cm³/mol. The number of carbonyl (C=O) groups is 1. The smallest absolute Gasteiger partial charge is 0.311 e. The molecule has 0 bridgehead atoms. The maximum Gasteiger partial charge on any atom is 0.311 e. The Labute approximate surface area is 107 Å². The second-order valence-electron chi connectivity index (χ2n) is 4.66. The van der Waals surface area contributed by atoms with Crippen molar-refractivity contribution in [3.05, 3.63) is 35.9 Å². The van der Waals surface area contributed by atoms with Crippen molar-refractivity contribution in [1.29, 1.82) is 0 Å². The molecule has 1 fully saturated rings. The van der Waals surface area contributed by atoms with E-state index >= 15 is 0 Å². The van der Waals surface area contributed by atoms with Gasteiger partial charge >= 0.3 is 5.97 Å². The SMILES string of the molecule is COCC1(c2ccccc2)CNCC1C(=O)OC. The lowest BCUT2D eigenvalue weighted by molar-refractivity contribution is -0.147. The largest absolute Gasteiger partial charge is 0.469 e. The summed E-state index contributed by atoms with van der Waals surface area (Å²) in [4.78, 5) is 12.0. The molecule has 4 heteroatoms. The average molecular weight is 249 g/mol. The lowest BCUT2D eigenvalue weighted by Gasteiger charge is -2.33. The molecular weight excluding hydrogens is 230 g/mol. The molecule has 0 spiro atoms. The van der Waals surface area contributed by atoms with Crippen LogP contribution in [0.2, 0.25) is 0 Å². The summed E-state index contributed by atoms with van der Waals surface area (Å²) >= 11 is 0. The van der Waals surface area contributed by atoms with Crippen LogP contribution in [-0.2, 0) is 19.7 Å².